The van der Waals surface area contributed by atoms with E-state index in [0.717, 1.165) is 32.1 Å². The molecule has 6 nitrogen and oxygen atoms in total. The van der Waals surface area contributed by atoms with E-state index in [1.165, 1.54) is 25.7 Å². The molecule has 124 valence electrons. The van der Waals surface area contributed by atoms with Crippen LogP contribution in [0.5, 0.6) is 0 Å². The van der Waals surface area contributed by atoms with Gasteiger partial charge in [0.15, 0.2) is 0 Å². The zero-order valence-corrected chi connectivity index (χ0v) is 13.1. The van der Waals surface area contributed by atoms with Crippen LogP contribution in [-0.4, -0.2) is 23.5 Å². The second-order valence-electron chi connectivity index (χ2n) is 7.46. The second kappa shape index (κ2) is 6.52. The van der Waals surface area contributed by atoms with Crippen LogP contribution in [0.4, 0.5) is 0 Å². The SMILES string of the molecule is O=C(C[C@@]1(C[N+](=O)[O-])C[C@H]2CCC[C@H]21)ONC1CCCCC1. The zero-order chi connectivity index (χ0) is 15.6. The average molecular weight is 310 g/mol. The normalized spacial score (nSPS) is 34.7. The summed E-state index contributed by atoms with van der Waals surface area (Å²) in [6.45, 7) is -0.0906. The van der Waals surface area contributed by atoms with Crippen molar-refractivity contribution in [3.05, 3.63) is 10.1 Å². The van der Waals surface area contributed by atoms with Crippen molar-refractivity contribution in [2.75, 3.05) is 6.54 Å². The third kappa shape index (κ3) is 3.26. The standard InChI is InChI=1S/C16H26N2O4/c19-15(22-17-13-6-2-1-3-7-13)10-16(11-18(20)21)9-12-5-4-8-14(12)16/h12-14,17H,1-11H2/t12-,14-,16-/m1/s1. The van der Waals surface area contributed by atoms with Gasteiger partial charge >= 0.3 is 5.97 Å². The van der Waals surface area contributed by atoms with Gasteiger partial charge in [-0.15, -0.1) is 0 Å². The molecule has 0 spiro atoms. The molecule has 0 radical (unpaired) electrons. The molecule has 3 rings (SSSR count). The summed E-state index contributed by atoms with van der Waals surface area (Å²) in [5, 5.41) is 11.0. The number of nitro groups is 1. The predicted molar refractivity (Wildman–Crippen MR) is 80.5 cm³/mol. The predicted octanol–water partition coefficient (Wildman–Crippen LogP) is 2.84. The fourth-order valence-corrected chi connectivity index (χ4v) is 4.99. The van der Waals surface area contributed by atoms with Crippen molar-refractivity contribution in [1.29, 1.82) is 0 Å². The van der Waals surface area contributed by atoms with Crippen molar-refractivity contribution in [3.8, 4) is 0 Å². The van der Waals surface area contributed by atoms with E-state index in [1.54, 1.807) is 0 Å². The second-order valence-corrected chi connectivity index (χ2v) is 7.46. The molecule has 3 saturated carbocycles. The van der Waals surface area contributed by atoms with Crippen LogP contribution in [0.2, 0.25) is 0 Å². The zero-order valence-electron chi connectivity index (χ0n) is 13.1. The summed E-state index contributed by atoms with van der Waals surface area (Å²) in [4.78, 5) is 28.2. The molecular weight excluding hydrogens is 284 g/mol. The third-order valence-electron chi connectivity index (χ3n) is 6.00. The lowest BCUT2D eigenvalue weighted by molar-refractivity contribution is -0.506. The summed E-state index contributed by atoms with van der Waals surface area (Å²) in [5.41, 5.74) is 2.44. The lowest BCUT2D eigenvalue weighted by atomic mass is 9.53. The van der Waals surface area contributed by atoms with Crippen LogP contribution in [0.15, 0.2) is 0 Å². The van der Waals surface area contributed by atoms with Gasteiger partial charge in [0.1, 0.15) is 0 Å². The first-order valence-corrected chi connectivity index (χ1v) is 8.66. The van der Waals surface area contributed by atoms with Crippen LogP contribution >= 0.6 is 0 Å². The molecule has 3 fully saturated rings. The van der Waals surface area contributed by atoms with E-state index >= 15 is 0 Å². The Hall–Kier alpha value is -1.17. The van der Waals surface area contributed by atoms with Crippen LogP contribution < -0.4 is 5.48 Å². The van der Waals surface area contributed by atoms with E-state index in [-0.39, 0.29) is 29.9 Å². The van der Waals surface area contributed by atoms with Crippen molar-refractivity contribution in [2.45, 2.75) is 70.3 Å². The summed E-state index contributed by atoms with van der Waals surface area (Å²) in [5.74, 6) is 0.622. The Morgan fingerprint density at radius 2 is 1.95 bits per heavy atom. The van der Waals surface area contributed by atoms with E-state index in [1.807, 2.05) is 0 Å². The summed E-state index contributed by atoms with van der Waals surface area (Å²) in [6, 6.07) is 0.254. The molecule has 0 aromatic carbocycles. The number of rotatable bonds is 6. The minimum atomic E-state index is -0.448. The molecule has 6 heteroatoms. The highest BCUT2D eigenvalue weighted by Crippen LogP contribution is 2.60. The molecule has 0 heterocycles. The van der Waals surface area contributed by atoms with Crippen molar-refractivity contribution >= 4 is 5.97 Å². The van der Waals surface area contributed by atoms with E-state index in [0.29, 0.717) is 11.8 Å². The Balaban J connectivity index is 1.52. The smallest absolute Gasteiger partial charge is 0.325 e. The highest BCUT2D eigenvalue weighted by Gasteiger charge is 2.59. The van der Waals surface area contributed by atoms with E-state index < -0.39 is 5.41 Å². The van der Waals surface area contributed by atoms with Gasteiger partial charge in [-0.2, -0.15) is 5.48 Å². The maximum Gasteiger partial charge on any atom is 0.325 e. The molecule has 3 atom stereocenters. The number of nitrogens with zero attached hydrogens (tertiary/aromatic N) is 1. The van der Waals surface area contributed by atoms with Gasteiger partial charge in [0.25, 0.3) is 0 Å². The number of nitrogens with one attached hydrogen (secondary N) is 1. The molecular formula is C16H26N2O4. The van der Waals surface area contributed by atoms with Gasteiger partial charge in [-0.25, -0.2) is 0 Å². The third-order valence-corrected chi connectivity index (χ3v) is 6.00. The van der Waals surface area contributed by atoms with Crippen molar-refractivity contribution in [2.24, 2.45) is 17.3 Å². The molecule has 0 bridgehead atoms. The van der Waals surface area contributed by atoms with Gasteiger partial charge in [0.2, 0.25) is 6.54 Å². The Bertz CT molecular complexity index is 436. The highest BCUT2D eigenvalue weighted by molar-refractivity contribution is 5.70. The topological polar surface area (TPSA) is 81.5 Å². The summed E-state index contributed by atoms with van der Waals surface area (Å²) >= 11 is 0. The minimum absolute atomic E-state index is 0.0906. The van der Waals surface area contributed by atoms with Crippen LogP contribution in [0.1, 0.15) is 64.2 Å². The first-order chi connectivity index (χ1) is 10.6. The average Bonchev–Trinajstić information content (AvgIpc) is 2.88. The highest BCUT2D eigenvalue weighted by atomic mass is 16.7. The number of carbonyl (C=O) groups excluding carboxylic acids is 1. The molecule has 1 N–H and O–H groups in total. The molecule has 0 aromatic heterocycles. The first-order valence-electron chi connectivity index (χ1n) is 8.66. The van der Waals surface area contributed by atoms with Gasteiger partial charge in [-0.3, -0.25) is 14.9 Å². The Kier molecular flexibility index (Phi) is 4.66. The fourth-order valence-electron chi connectivity index (χ4n) is 4.99. The molecule has 0 amide bonds. The van der Waals surface area contributed by atoms with Gasteiger partial charge < -0.3 is 4.84 Å². The summed E-state index contributed by atoms with van der Waals surface area (Å²) in [7, 11) is 0. The number of hydroxylamine groups is 1. The fraction of sp³-hybridized carbons (Fsp3) is 0.938. The first kappa shape index (κ1) is 15.7. The Morgan fingerprint density at radius 3 is 2.64 bits per heavy atom. The van der Waals surface area contributed by atoms with Crippen LogP contribution in [-0.2, 0) is 9.63 Å². The van der Waals surface area contributed by atoms with Gasteiger partial charge in [0, 0.05) is 16.4 Å². The molecule has 22 heavy (non-hydrogen) atoms. The number of fused-ring (bicyclic) bond motifs is 1. The van der Waals surface area contributed by atoms with Crippen molar-refractivity contribution < 1.29 is 14.6 Å². The van der Waals surface area contributed by atoms with E-state index in [2.05, 4.69) is 5.48 Å². The Morgan fingerprint density at radius 1 is 1.18 bits per heavy atom. The molecule has 0 aromatic rings. The van der Waals surface area contributed by atoms with Crippen LogP contribution in [0.3, 0.4) is 0 Å². The molecule has 0 saturated heterocycles. The minimum Gasteiger partial charge on any atom is -0.370 e. The lowest BCUT2D eigenvalue weighted by Crippen LogP contribution is -2.51. The monoisotopic (exact) mass is 310 g/mol. The van der Waals surface area contributed by atoms with Gasteiger partial charge in [-0.1, -0.05) is 32.1 Å². The van der Waals surface area contributed by atoms with Crippen LogP contribution in [0, 0.1) is 27.4 Å². The van der Waals surface area contributed by atoms with Crippen molar-refractivity contribution in [3.63, 3.8) is 0 Å². The van der Waals surface area contributed by atoms with Crippen molar-refractivity contribution in [1.82, 2.24) is 5.48 Å². The molecule has 3 aliphatic rings. The van der Waals surface area contributed by atoms with E-state index in [4.69, 9.17) is 4.84 Å². The van der Waals surface area contributed by atoms with Crippen LogP contribution in [0.25, 0.3) is 0 Å². The number of carbonyl (C=O) groups is 1. The van der Waals surface area contributed by atoms with Gasteiger partial charge in [0.05, 0.1) is 6.42 Å². The summed E-state index contributed by atoms with van der Waals surface area (Å²) < 4.78 is 0. The largest absolute Gasteiger partial charge is 0.370 e. The molecule has 0 aliphatic heterocycles. The quantitative estimate of drug-likeness (QED) is 0.602. The maximum atomic E-state index is 12.2. The number of hydrogen-bond acceptors (Lipinski definition) is 5. The maximum absolute atomic E-state index is 12.2. The van der Waals surface area contributed by atoms with E-state index in [9.17, 15) is 14.9 Å². The Labute approximate surface area is 131 Å². The summed E-state index contributed by atoms with van der Waals surface area (Å²) in [6.07, 6.45) is 10.0. The molecule has 3 aliphatic carbocycles. The lowest BCUT2D eigenvalue weighted by Gasteiger charge is -2.49. The number of hydrogen-bond donors (Lipinski definition) is 1. The molecule has 0 unspecified atom stereocenters. The van der Waals surface area contributed by atoms with Gasteiger partial charge in [-0.05, 0) is 37.5 Å².